The number of carbonyl (C=O) groups is 1. The molecule has 0 saturated carbocycles. The first-order valence-corrected chi connectivity index (χ1v) is 5.49. The molecule has 0 spiro atoms. The van der Waals surface area contributed by atoms with E-state index in [9.17, 15) is 4.79 Å². The summed E-state index contributed by atoms with van der Waals surface area (Å²) < 4.78 is 5.21. The maximum Gasteiger partial charge on any atom is 0.227 e. The molecule has 0 aromatic carbocycles. The summed E-state index contributed by atoms with van der Waals surface area (Å²) in [5, 5.41) is 0. The highest BCUT2D eigenvalue weighted by atomic mass is 16.5. The second-order valence-corrected chi connectivity index (χ2v) is 5.12. The molecule has 1 fully saturated rings. The average Bonchev–Trinajstić information content (AvgIpc) is 2.68. The standard InChI is InChI=1S/C11H22N2O2/c1-11(2,7-12)8-13(3)10(14)9-4-5-15-6-9/h9H,4-8,12H2,1-3H3. The van der Waals surface area contributed by atoms with E-state index in [0.717, 1.165) is 6.42 Å². The Kier molecular flexibility index (Phi) is 4.11. The van der Waals surface area contributed by atoms with Crippen molar-refractivity contribution in [2.75, 3.05) is 33.4 Å². The summed E-state index contributed by atoms with van der Waals surface area (Å²) in [4.78, 5) is 13.7. The molecule has 0 bridgehead atoms. The fourth-order valence-corrected chi connectivity index (χ4v) is 1.83. The molecule has 0 aromatic heterocycles. The summed E-state index contributed by atoms with van der Waals surface area (Å²) in [6, 6.07) is 0. The summed E-state index contributed by atoms with van der Waals surface area (Å²) in [7, 11) is 1.85. The first-order chi connectivity index (χ1) is 6.96. The number of hydrogen-bond acceptors (Lipinski definition) is 3. The monoisotopic (exact) mass is 214 g/mol. The molecular formula is C11H22N2O2. The maximum absolute atomic E-state index is 11.9. The highest BCUT2D eigenvalue weighted by Crippen LogP contribution is 2.19. The molecule has 1 aliphatic heterocycles. The van der Waals surface area contributed by atoms with E-state index in [-0.39, 0.29) is 17.2 Å². The molecule has 88 valence electrons. The van der Waals surface area contributed by atoms with Crippen LogP contribution in [0.25, 0.3) is 0 Å². The molecule has 2 N–H and O–H groups in total. The molecule has 0 aromatic rings. The van der Waals surface area contributed by atoms with E-state index < -0.39 is 0 Å². The van der Waals surface area contributed by atoms with Crippen molar-refractivity contribution in [2.45, 2.75) is 20.3 Å². The van der Waals surface area contributed by atoms with Gasteiger partial charge in [-0.15, -0.1) is 0 Å². The van der Waals surface area contributed by atoms with Crippen LogP contribution in [0, 0.1) is 11.3 Å². The van der Waals surface area contributed by atoms with Crippen molar-refractivity contribution in [3.05, 3.63) is 0 Å². The van der Waals surface area contributed by atoms with Gasteiger partial charge in [0, 0.05) is 20.2 Å². The Labute approximate surface area is 91.8 Å². The van der Waals surface area contributed by atoms with Crippen molar-refractivity contribution < 1.29 is 9.53 Å². The second-order valence-electron chi connectivity index (χ2n) is 5.12. The topological polar surface area (TPSA) is 55.6 Å². The van der Waals surface area contributed by atoms with Gasteiger partial charge in [0.25, 0.3) is 0 Å². The lowest BCUT2D eigenvalue weighted by Gasteiger charge is -2.30. The number of nitrogens with zero attached hydrogens (tertiary/aromatic N) is 1. The minimum Gasteiger partial charge on any atom is -0.381 e. The molecular weight excluding hydrogens is 192 g/mol. The van der Waals surface area contributed by atoms with Gasteiger partial charge in [-0.05, 0) is 18.4 Å². The summed E-state index contributed by atoms with van der Waals surface area (Å²) in [5.41, 5.74) is 5.64. The van der Waals surface area contributed by atoms with Crippen LogP contribution in [-0.2, 0) is 9.53 Å². The van der Waals surface area contributed by atoms with Crippen molar-refractivity contribution >= 4 is 5.91 Å². The van der Waals surface area contributed by atoms with E-state index in [1.807, 2.05) is 7.05 Å². The van der Waals surface area contributed by atoms with Gasteiger partial charge in [-0.2, -0.15) is 0 Å². The highest BCUT2D eigenvalue weighted by molar-refractivity contribution is 5.79. The first-order valence-electron chi connectivity index (χ1n) is 5.49. The third kappa shape index (κ3) is 3.47. The lowest BCUT2D eigenvalue weighted by atomic mass is 9.92. The summed E-state index contributed by atoms with van der Waals surface area (Å²) in [6.07, 6.45) is 0.853. The van der Waals surface area contributed by atoms with Gasteiger partial charge in [0.1, 0.15) is 0 Å². The minimum atomic E-state index is -0.0100. The van der Waals surface area contributed by atoms with Gasteiger partial charge < -0.3 is 15.4 Å². The van der Waals surface area contributed by atoms with Gasteiger partial charge in [-0.3, -0.25) is 4.79 Å². The maximum atomic E-state index is 11.9. The summed E-state index contributed by atoms with van der Waals surface area (Å²) >= 11 is 0. The van der Waals surface area contributed by atoms with Crippen LogP contribution in [0.1, 0.15) is 20.3 Å². The normalized spacial score (nSPS) is 21.7. The van der Waals surface area contributed by atoms with Crippen LogP contribution in [0.2, 0.25) is 0 Å². The predicted molar refractivity (Wildman–Crippen MR) is 59.4 cm³/mol. The molecule has 1 aliphatic rings. The first kappa shape index (κ1) is 12.5. The molecule has 1 unspecified atom stereocenters. The molecule has 1 rings (SSSR count). The number of amides is 1. The molecule has 4 heteroatoms. The second kappa shape index (κ2) is 4.94. The Morgan fingerprint density at radius 3 is 2.73 bits per heavy atom. The fourth-order valence-electron chi connectivity index (χ4n) is 1.83. The Bertz CT molecular complexity index is 223. The largest absolute Gasteiger partial charge is 0.381 e. The summed E-state index contributed by atoms with van der Waals surface area (Å²) in [5.74, 6) is 0.248. The highest BCUT2D eigenvalue weighted by Gasteiger charge is 2.28. The van der Waals surface area contributed by atoms with E-state index in [1.165, 1.54) is 0 Å². The van der Waals surface area contributed by atoms with Crippen LogP contribution >= 0.6 is 0 Å². The van der Waals surface area contributed by atoms with Crippen LogP contribution in [0.15, 0.2) is 0 Å². The molecule has 1 amide bonds. The predicted octanol–water partition coefficient (Wildman–Crippen LogP) is 0.466. The van der Waals surface area contributed by atoms with E-state index in [1.54, 1.807) is 4.90 Å². The van der Waals surface area contributed by atoms with Crippen molar-refractivity contribution in [1.82, 2.24) is 4.90 Å². The Morgan fingerprint density at radius 2 is 2.27 bits per heavy atom. The van der Waals surface area contributed by atoms with Gasteiger partial charge in [0.05, 0.1) is 12.5 Å². The smallest absolute Gasteiger partial charge is 0.227 e. The van der Waals surface area contributed by atoms with Crippen molar-refractivity contribution in [2.24, 2.45) is 17.1 Å². The van der Waals surface area contributed by atoms with Gasteiger partial charge in [-0.25, -0.2) is 0 Å². The lowest BCUT2D eigenvalue weighted by molar-refractivity contribution is -0.135. The van der Waals surface area contributed by atoms with Gasteiger partial charge >= 0.3 is 0 Å². The van der Waals surface area contributed by atoms with E-state index in [2.05, 4.69) is 13.8 Å². The van der Waals surface area contributed by atoms with Gasteiger partial charge in [0.15, 0.2) is 0 Å². The number of ether oxygens (including phenoxy) is 1. The molecule has 15 heavy (non-hydrogen) atoms. The lowest BCUT2D eigenvalue weighted by Crippen LogP contribution is -2.42. The Morgan fingerprint density at radius 1 is 1.60 bits per heavy atom. The number of rotatable bonds is 4. The third-order valence-electron chi connectivity index (χ3n) is 2.87. The quantitative estimate of drug-likeness (QED) is 0.740. The molecule has 4 nitrogen and oxygen atoms in total. The van der Waals surface area contributed by atoms with Crippen molar-refractivity contribution in [3.8, 4) is 0 Å². The fraction of sp³-hybridized carbons (Fsp3) is 0.909. The average molecular weight is 214 g/mol. The van der Waals surface area contributed by atoms with Gasteiger partial charge in [0.2, 0.25) is 5.91 Å². The SMILES string of the molecule is CN(CC(C)(C)CN)C(=O)C1CCOC1. The zero-order chi connectivity index (χ0) is 11.5. The molecule has 1 heterocycles. The summed E-state index contributed by atoms with van der Waals surface area (Å²) in [6.45, 7) is 6.73. The number of hydrogen-bond donors (Lipinski definition) is 1. The Hall–Kier alpha value is -0.610. The van der Waals surface area contributed by atoms with Gasteiger partial charge in [-0.1, -0.05) is 13.8 Å². The molecule has 0 radical (unpaired) electrons. The zero-order valence-electron chi connectivity index (χ0n) is 9.95. The number of nitrogens with two attached hydrogens (primary N) is 1. The Balaban J connectivity index is 2.45. The van der Waals surface area contributed by atoms with E-state index in [0.29, 0.717) is 26.3 Å². The van der Waals surface area contributed by atoms with Crippen LogP contribution in [0.5, 0.6) is 0 Å². The van der Waals surface area contributed by atoms with Crippen LogP contribution < -0.4 is 5.73 Å². The minimum absolute atomic E-state index is 0.0100. The third-order valence-corrected chi connectivity index (χ3v) is 2.87. The van der Waals surface area contributed by atoms with Crippen molar-refractivity contribution in [3.63, 3.8) is 0 Å². The zero-order valence-corrected chi connectivity index (χ0v) is 9.95. The molecule has 1 saturated heterocycles. The molecule has 0 aliphatic carbocycles. The van der Waals surface area contributed by atoms with Crippen LogP contribution in [-0.4, -0.2) is 44.2 Å². The van der Waals surface area contributed by atoms with E-state index in [4.69, 9.17) is 10.5 Å². The van der Waals surface area contributed by atoms with Crippen molar-refractivity contribution in [1.29, 1.82) is 0 Å². The molecule has 1 atom stereocenters. The van der Waals surface area contributed by atoms with Crippen LogP contribution in [0.4, 0.5) is 0 Å². The van der Waals surface area contributed by atoms with E-state index >= 15 is 0 Å². The van der Waals surface area contributed by atoms with Crippen LogP contribution in [0.3, 0.4) is 0 Å². The number of carbonyl (C=O) groups excluding carboxylic acids is 1.